The molecule has 1 amide bonds. The molecule has 4 nitrogen and oxygen atoms in total. The van der Waals surface area contributed by atoms with Crippen LogP contribution in [0.3, 0.4) is 0 Å². The van der Waals surface area contributed by atoms with E-state index in [0.717, 1.165) is 22.3 Å². The Morgan fingerprint density at radius 3 is 3.05 bits per heavy atom. The first-order valence-electron chi connectivity index (χ1n) is 7.70. The molecule has 1 aromatic carbocycles. The van der Waals surface area contributed by atoms with Crippen LogP contribution in [0.4, 0.5) is 5.69 Å². The molecule has 1 saturated carbocycles. The molecule has 1 aliphatic heterocycles. The van der Waals surface area contributed by atoms with E-state index in [9.17, 15) is 4.79 Å². The highest BCUT2D eigenvalue weighted by Gasteiger charge is 2.38. The number of aromatic nitrogens is 1. The zero-order chi connectivity index (χ0) is 14.2. The fraction of sp³-hybridized carbons (Fsp3) is 0.500. The van der Waals surface area contributed by atoms with Crippen molar-refractivity contribution < 1.29 is 4.79 Å². The van der Waals surface area contributed by atoms with Crippen LogP contribution in [-0.2, 0) is 4.79 Å². The van der Waals surface area contributed by atoms with Crippen LogP contribution >= 0.6 is 23.7 Å². The van der Waals surface area contributed by atoms with Gasteiger partial charge in [0, 0.05) is 11.7 Å². The van der Waals surface area contributed by atoms with Crippen LogP contribution < -0.4 is 10.6 Å². The summed E-state index contributed by atoms with van der Waals surface area (Å²) >= 11 is 1.62. The summed E-state index contributed by atoms with van der Waals surface area (Å²) in [6.45, 7) is 0. The number of nitrogens with zero attached hydrogens (tertiary/aromatic N) is 1. The zero-order valence-corrected chi connectivity index (χ0v) is 13.9. The van der Waals surface area contributed by atoms with Gasteiger partial charge in [-0.1, -0.05) is 12.8 Å². The van der Waals surface area contributed by atoms with Crippen LogP contribution in [0.25, 0.3) is 10.2 Å². The summed E-state index contributed by atoms with van der Waals surface area (Å²) in [6, 6.07) is 6.44. The number of hydrogen-bond donors (Lipinski definition) is 2. The normalized spacial score (nSPS) is 27.2. The van der Waals surface area contributed by atoms with E-state index in [4.69, 9.17) is 0 Å². The summed E-state index contributed by atoms with van der Waals surface area (Å²) in [6.07, 6.45) is 6.08. The van der Waals surface area contributed by atoms with E-state index in [1.54, 1.807) is 11.3 Å². The van der Waals surface area contributed by atoms with Gasteiger partial charge in [-0.3, -0.25) is 4.79 Å². The Hall–Kier alpha value is -1.17. The number of thiazole rings is 1. The molecule has 2 heterocycles. The van der Waals surface area contributed by atoms with E-state index in [2.05, 4.69) is 15.6 Å². The topological polar surface area (TPSA) is 54.0 Å². The Morgan fingerprint density at radius 1 is 1.32 bits per heavy atom. The first-order chi connectivity index (χ1) is 10.3. The average molecular weight is 338 g/mol. The minimum Gasteiger partial charge on any atom is -0.325 e. The number of fused-ring (bicyclic) bond motifs is 2. The Morgan fingerprint density at radius 2 is 2.18 bits per heavy atom. The number of rotatable bonds is 2. The Bertz CT molecular complexity index is 660. The van der Waals surface area contributed by atoms with Crippen LogP contribution in [-0.4, -0.2) is 23.0 Å². The van der Waals surface area contributed by atoms with E-state index >= 15 is 0 Å². The van der Waals surface area contributed by atoms with Gasteiger partial charge in [0.1, 0.15) is 0 Å². The monoisotopic (exact) mass is 337 g/mol. The third-order valence-electron chi connectivity index (χ3n) is 4.78. The largest absolute Gasteiger partial charge is 0.325 e. The molecule has 0 bridgehead atoms. The van der Waals surface area contributed by atoms with Gasteiger partial charge in [0.2, 0.25) is 5.91 Å². The van der Waals surface area contributed by atoms with Crippen LogP contribution in [0.5, 0.6) is 0 Å². The minimum absolute atomic E-state index is 0. The third-order valence-corrected chi connectivity index (χ3v) is 5.59. The fourth-order valence-electron chi connectivity index (χ4n) is 3.69. The average Bonchev–Trinajstić information content (AvgIpc) is 3.13. The quantitative estimate of drug-likeness (QED) is 0.880. The summed E-state index contributed by atoms with van der Waals surface area (Å²) in [4.78, 5) is 16.7. The molecule has 4 rings (SSSR count). The fourth-order valence-corrected chi connectivity index (χ4v) is 4.34. The van der Waals surface area contributed by atoms with Gasteiger partial charge in [-0.2, -0.15) is 0 Å². The molecule has 0 radical (unpaired) electrons. The molecule has 0 spiro atoms. The molecule has 2 N–H and O–H groups in total. The Balaban J connectivity index is 0.00000144. The SMILES string of the molecule is Cl.O=C(Nc1ccc2scnc2c1)C1CC2CCCCC2N1. The van der Waals surface area contributed by atoms with Crippen molar-refractivity contribution >= 4 is 45.6 Å². The molecule has 1 aromatic heterocycles. The molecular weight excluding hydrogens is 318 g/mol. The predicted octanol–water partition coefficient (Wildman–Crippen LogP) is 3.58. The molecule has 22 heavy (non-hydrogen) atoms. The zero-order valence-electron chi connectivity index (χ0n) is 12.2. The number of carbonyl (C=O) groups excluding carboxylic acids is 1. The Labute approximate surface area is 140 Å². The predicted molar refractivity (Wildman–Crippen MR) is 92.8 cm³/mol. The molecule has 2 aromatic rings. The lowest BCUT2D eigenvalue weighted by Crippen LogP contribution is -2.39. The number of hydrogen-bond acceptors (Lipinski definition) is 4. The summed E-state index contributed by atoms with van der Waals surface area (Å²) < 4.78 is 1.15. The Kier molecular flexibility index (Phi) is 4.66. The number of nitrogens with one attached hydrogen (secondary N) is 2. The van der Waals surface area contributed by atoms with E-state index in [-0.39, 0.29) is 24.4 Å². The lowest BCUT2D eigenvalue weighted by Gasteiger charge is -2.24. The summed E-state index contributed by atoms with van der Waals surface area (Å²) in [5.41, 5.74) is 3.63. The van der Waals surface area contributed by atoms with Crippen molar-refractivity contribution in [3.8, 4) is 0 Å². The van der Waals surface area contributed by atoms with Crippen molar-refractivity contribution in [1.82, 2.24) is 10.3 Å². The van der Waals surface area contributed by atoms with E-state index in [1.807, 2.05) is 23.7 Å². The highest BCUT2D eigenvalue weighted by Crippen LogP contribution is 2.33. The number of halogens is 1. The van der Waals surface area contributed by atoms with Gasteiger partial charge in [0.05, 0.1) is 21.8 Å². The second-order valence-electron chi connectivity index (χ2n) is 6.13. The van der Waals surface area contributed by atoms with Crippen LogP contribution in [0.2, 0.25) is 0 Å². The summed E-state index contributed by atoms with van der Waals surface area (Å²) in [5, 5.41) is 6.56. The lowest BCUT2D eigenvalue weighted by molar-refractivity contribution is -0.117. The number of benzene rings is 1. The molecule has 2 aliphatic rings. The molecule has 1 saturated heterocycles. The van der Waals surface area contributed by atoms with Crippen LogP contribution in [0.1, 0.15) is 32.1 Å². The van der Waals surface area contributed by atoms with Gasteiger partial charge in [-0.05, 0) is 43.4 Å². The van der Waals surface area contributed by atoms with Gasteiger partial charge in [-0.15, -0.1) is 23.7 Å². The maximum Gasteiger partial charge on any atom is 0.241 e. The number of amides is 1. The van der Waals surface area contributed by atoms with Gasteiger partial charge in [-0.25, -0.2) is 4.98 Å². The summed E-state index contributed by atoms with van der Waals surface area (Å²) in [5.74, 6) is 0.787. The highest BCUT2D eigenvalue weighted by molar-refractivity contribution is 7.16. The van der Waals surface area contributed by atoms with E-state index < -0.39 is 0 Å². The van der Waals surface area contributed by atoms with Gasteiger partial charge < -0.3 is 10.6 Å². The van der Waals surface area contributed by atoms with Crippen LogP contribution in [0, 0.1) is 5.92 Å². The molecular formula is C16H20ClN3OS. The van der Waals surface area contributed by atoms with Crippen molar-refractivity contribution in [2.24, 2.45) is 5.92 Å². The molecule has 3 atom stereocenters. The molecule has 1 aliphatic carbocycles. The number of carbonyl (C=O) groups is 1. The molecule has 3 unspecified atom stereocenters. The van der Waals surface area contributed by atoms with Crippen molar-refractivity contribution in [2.45, 2.75) is 44.2 Å². The first kappa shape index (κ1) is 15.7. The minimum atomic E-state index is -0.0377. The van der Waals surface area contributed by atoms with Gasteiger partial charge >= 0.3 is 0 Å². The third kappa shape index (κ3) is 2.98. The standard InChI is InChI=1S/C16H19N3OS.ClH/c20-16(14-7-10-3-1-2-4-12(10)19-14)18-11-5-6-15-13(8-11)17-9-21-15;/h5-6,8-10,12,14,19H,1-4,7H2,(H,18,20);1H. The van der Waals surface area contributed by atoms with E-state index in [1.165, 1.54) is 25.7 Å². The van der Waals surface area contributed by atoms with E-state index in [0.29, 0.717) is 12.0 Å². The molecule has 2 fully saturated rings. The first-order valence-corrected chi connectivity index (χ1v) is 8.58. The smallest absolute Gasteiger partial charge is 0.241 e. The lowest BCUT2D eigenvalue weighted by atomic mass is 9.85. The highest BCUT2D eigenvalue weighted by atomic mass is 35.5. The van der Waals surface area contributed by atoms with Crippen molar-refractivity contribution in [2.75, 3.05) is 5.32 Å². The van der Waals surface area contributed by atoms with Crippen molar-refractivity contribution in [3.63, 3.8) is 0 Å². The van der Waals surface area contributed by atoms with Crippen molar-refractivity contribution in [1.29, 1.82) is 0 Å². The number of anilines is 1. The van der Waals surface area contributed by atoms with Crippen LogP contribution in [0.15, 0.2) is 23.7 Å². The summed E-state index contributed by atoms with van der Waals surface area (Å²) in [7, 11) is 0. The molecule has 118 valence electrons. The van der Waals surface area contributed by atoms with Crippen molar-refractivity contribution in [3.05, 3.63) is 23.7 Å². The molecule has 6 heteroatoms. The van der Waals surface area contributed by atoms with Gasteiger partial charge in [0.25, 0.3) is 0 Å². The second kappa shape index (κ2) is 6.52. The van der Waals surface area contributed by atoms with Gasteiger partial charge in [0.15, 0.2) is 0 Å². The maximum atomic E-state index is 12.4. The maximum absolute atomic E-state index is 12.4. The second-order valence-corrected chi connectivity index (χ2v) is 7.02.